The van der Waals surface area contributed by atoms with Crippen molar-refractivity contribution < 1.29 is 14.4 Å². The summed E-state index contributed by atoms with van der Waals surface area (Å²) in [6.07, 6.45) is 4.06. The number of likely N-dealkylation sites (N-methyl/N-ethyl adjacent to an activating group) is 1. The van der Waals surface area contributed by atoms with Crippen LogP contribution < -0.4 is 5.32 Å². The van der Waals surface area contributed by atoms with Gasteiger partial charge in [0.2, 0.25) is 5.91 Å². The van der Waals surface area contributed by atoms with Crippen LogP contribution in [0.4, 0.5) is 4.79 Å². The molecule has 0 bridgehead atoms. The highest BCUT2D eigenvalue weighted by molar-refractivity contribution is 6.09. The molecule has 1 saturated heterocycles. The van der Waals surface area contributed by atoms with Crippen molar-refractivity contribution in [3.05, 3.63) is 35.4 Å². The fourth-order valence-corrected chi connectivity index (χ4v) is 4.06. The first-order chi connectivity index (χ1) is 13.2. The summed E-state index contributed by atoms with van der Waals surface area (Å²) in [4.78, 5) is 40.7. The molecule has 148 valence electrons. The summed E-state index contributed by atoms with van der Waals surface area (Å²) in [5.41, 5.74) is -0.344. The number of hydrogen-bond acceptors (Lipinski definition) is 4. The topological polar surface area (TPSA) is 93.5 Å². The third-order valence-corrected chi connectivity index (χ3v) is 6.10. The maximum absolute atomic E-state index is 13.0. The van der Waals surface area contributed by atoms with Gasteiger partial charge in [-0.1, -0.05) is 49.1 Å². The minimum Gasteiger partial charge on any atom is -0.325 e. The molecule has 1 N–H and O–H groups in total. The Morgan fingerprint density at radius 3 is 2.39 bits per heavy atom. The highest BCUT2D eigenvalue weighted by Gasteiger charge is 2.50. The Morgan fingerprint density at radius 1 is 1.21 bits per heavy atom. The Hall–Kier alpha value is -2.88. The van der Waals surface area contributed by atoms with Gasteiger partial charge in [0.05, 0.1) is 6.07 Å². The maximum atomic E-state index is 13.0. The van der Waals surface area contributed by atoms with Crippen molar-refractivity contribution >= 4 is 17.8 Å². The number of carbonyl (C=O) groups excluding carboxylic acids is 3. The molecular formula is C21H26N4O3. The van der Waals surface area contributed by atoms with Crippen LogP contribution in [0.5, 0.6) is 0 Å². The number of aryl methyl sites for hydroxylation is 1. The number of rotatable bonds is 4. The van der Waals surface area contributed by atoms with Gasteiger partial charge in [0.15, 0.2) is 0 Å². The van der Waals surface area contributed by atoms with E-state index in [4.69, 9.17) is 0 Å². The number of benzene rings is 1. The summed E-state index contributed by atoms with van der Waals surface area (Å²) >= 11 is 0. The van der Waals surface area contributed by atoms with Gasteiger partial charge in [0, 0.05) is 7.05 Å². The molecule has 3 rings (SSSR count). The number of imide groups is 1. The van der Waals surface area contributed by atoms with Crippen LogP contribution in [0.25, 0.3) is 0 Å². The number of carbonyl (C=O) groups is 3. The Kier molecular flexibility index (Phi) is 5.16. The minimum absolute atomic E-state index is 0.369. The molecule has 1 aromatic rings. The first-order valence-electron chi connectivity index (χ1n) is 9.63. The second-order valence-corrected chi connectivity index (χ2v) is 7.97. The average Bonchev–Trinajstić information content (AvgIpc) is 2.92. The second kappa shape index (κ2) is 7.27. The third kappa shape index (κ3) is 3.24. The van der Waals surface area contributed by atoms with Crippen molar-refractivity contribution in [2.75, 3.05) is 13.6 Å². The fourth-order valence-electron chi connectivity index (χ4n) is 4.06. The van der Waals surface area contributed by atoms with Crippen molar-refractivity contribution in [1.82, 2.24) is 15.1 Å². The number of hydrogen-bond donors (Lipinski definition) is 1. The predicted octanol–water partition coefficient (Wildman–Crippen LogP) is 2.45. The molecular weight excluding hydrogens is 356 g/mol. The molecule has 1 aliphatic heterocycles. The molecule has 28 heavy (non-hydrogen) atoms. The molecule has 0 unspecified atom stereocenters. The van der Waals surface area contributed by atoms with Gasteiger partial charge in [-0.3, -0.25) is 14.5 Å². The zero-order valence-electron chi connectivity index (χ0n) is 16.6. The second-order valence-electron chi connectivity index (χ2n) is 7.97. The van der Waals surface area contributed by atoms with Crippen LogP contribution in [0.1, 0.15) is 50.2 Å². The number of nitriles is 1. The molecule has 1 atom stereocenters. The lowest BCUT2D eigenvalue weighted by atomic mass is 9.81. The molecule has 7 heteroatoms. The number of urea groups is 1. The molecule has 4 amide bonds. The van der Waals surface area contributed by atoms with Gasteiger partial charge in [0.25, 0.3) is 5.91 Å². The van der Waals surface area contributed by atoms with Crippen LogP contribution >= 0.6 is 0 Å². The summed E-state index contributed by atoms with van der Waals surface area (Å²) in [7, 11) is 1.59. The molecule has 1 heterocycles. The molecule has 0 spiro atoms. The number of amides is 4. The molecule has 0 aromatic heterocycles. The summed E-state index contributed by atoms with van der Waals surface area (Å²) in [6, 6.07) is 9.06. The van der Waals surface area contributed by atoms with Gasteiger partial charge in [-0.15, -0.1) is 0 Å². The van der Waals surface area contributed by atoms with Crippen LogP contribution in [-0.2, 0) is 15.1 Å². The van der Waals surface area contributed by atoms with Crippen LogP contribution in [0, 0.1) is 18.3 Å². The standard InChI is InChI=1S/C21H26N4O3/c1-15-7-9-16(10-8-15)20(2)18(27)25(19(28)23-20)13-17(26)24(3)21(14-22)11-5-4-6-12-21/h7-10H,4-6,11-13H2,1-3H3,(H,23,28)/t20-/m0/s1. The largest absolute Gasteiger partial charge is 0.325 e. The Bertz CT molecular complexity index is 836. The van der Waals surface area contributed by atoms with Crippen molar-refractivity contribution in [1.29, 1.82) is 5.26 Å². The quantitative estimate of drug-likeness (QED) is 0.810. The number of nitrogens with zero attached hydrogens (tertiary/aromatic N) is 3. The molecule has 7 nitrogen and oxygen atoms in total. The third-order valence-electron chi connectivity index (χ3n) is 6.10. The first kappa shape index (κ1) is 19.9. The van der Waals surface area contributed by atoms with E-state index in [0.717, 1.165) is 29.7 Å². The van der Waals surface area contributed by atoms with Gasteiger partial charge < -0.3 is 10.2 Å². The van der Waals surface area contributed by atoms with Crippen LogP contribution in [0.3, 0.4) is 0 Å². The van der Waals surface area contributed by atoms with E-state index in [1.54, 1.807) is 26.1 Å². The molecule has 1 aromatic carbocycles. The molecule has 2 aliphatic rings. The van der Waals surface area contributed by atoms with Gasteiger partial charge in [-0.25, -0.2) is 4.79 Å². The highest BCUT2D eigenvalue weighted by atomic mass is 16.2. The highest BCUT2D eigenvalue weighted by Crippen LogP contribution is 2.33. The number of nitrogens with one attached hydrogen (secondary N) is 1. The van der Waals surface area contributed by atoms with Gasteiger partial charge in [0.1, 0.15) is 17.6 Å². The monoisotopic (exact) mass is 382 g/mol. The van der Waals surface area contributed by atoms with Crippen LogP contribution in [0.2, 0.25) is 0 Å². The molecule has 1 saturated carbocycles. The van der Waals surface area contributed by atoms with Crippen molar-refractivity contribution in [2.24, 2.45) is 0 Å². The van der Waals surface area contributed by atoms with Crippen LogP contribution in [-0.4, -0.2) is 46.8 Å². The van der Waals surface area contributed by atoms with E-state index in [1.807, 2.05) is 19.1 Å². The normalized spacial score (nSPS) is 23.9. The Labute approximate surface area is 165 Å². The zero-order valence-corrected chi connectivity index (χ0v) is 16.6. The van der Waals surface area contributed by atoms with E-state index in [2.05, 4.69) is 11.4 Å². The summed E-state index contributed by atoms with van der Waals surface area (Å²) < 4.78 is 0. The van der Waals surface area contributed by atoms with E-state index >= 15 is 0 Å². The lowest BCUT2D eigenvalue weighted by Crippen LogP contribution is -2.53. The average molecular weight is 382 g/mol. The van der Waals surface area contributed by atoms with Crippen molar-refractivity contribution in [3.8, 4) is 6.07 Å². The summed E-state index contributed by atoms with van der Waals surface area (Å²) in [5, 5.41) is 12.4. The first-order valence-corrected chi connectivity index (χ1v) is 9.63. The molecule has 2 fully saturated rings. The van der Waals surface area contributed by atoms with Crippen molar-refractivity contribution in [2.45, 2.75) is 57.0 Å². The van der Waals surface area contributed by atoms with E-state index in [-0.39, 0.29) is 6.54 Å². The lowest BCUT2D eigenvalue weighted by Gasteiger charge is -2.39. The molecule has 0 radical (unpaired) electrons. The molecule has 1 aliphatic carbocycles. The van der Waals surface area contributed by atoms with Gasteiger partial charge in [-0.2, -0.15) is 5.26 Å². The van der Waals surface area contributed by atoms with E-state index in [0.29, 0.717) is 18.4 Å². The smallest absolute Gasteiger partial charge is 0.325 e. The summed E-state index contributed by atoms with van der Waals surface area (Å²) in [6.45, 7) is 3.22. The summed E-state index contributed by atoms with van der Waals surface area (Å²) in [5.74, 6) is -0.863. The SMILES string of the molecule is Cc1ccc([C@]2(C)NC(=O)N(CC(=O)N(C)C3(C#N)CCCCC3)C2=O)cc1. The van der Waals surface area contributed by atoms with Gasteiger partial charge >= 0.3 is 6.03 Å². The lowest BCUT2D eigenvalue weighted by molar-refractivity contribution is -0.141. The van der Waals surface area contributed by atoms with Crippen LogP contribution in [0.15, 0.2) is 24.3 Å². The Morgan fingerprint density at radius 2 is 1.82 bits per heavy atom. The van der Waals surface area contributed by atoms with E-state index in [9.17, 15) is 19.6 Å². The van der Waals surface area contributed by atoms with Gasteiger partial charge in [-0.05, 0) is 32.3 Å². The minimum atomic E-state index is -1.21. The van der Waals surface area contributed by atoms with E-state index in [1.165, 1.54) is 4.90 Å². The Balaban J connectivity index is 1.78. The van der Waals surface area contributed by atoms with E-state index < -0.39 is 28.9 Å². The van der Waals surface area contributed by atoms with Crippen molar-refractivity contribution in [3.63, 3.8) is 0 Å². The zero-order chi connectivity index (χ0) is 20.5. The predicted molar refractivity (Wildman–Crippen MR) is 103 cm³/mol. The maximum Gasteiger partial charge on any atom is 0.325 e. The fraction of sp³-hybridized carbons (Fsp3) is 0.524.